The molecule has 1 amide bonds. The summed E-state index contributed by atoms with van der Waals surface area (Å²) in [6.45, 7) is 3.92. The van der Waals surface area contributed by atoms with Crippen molar-refractivity contribution in [2.24, 2.45) is 0 Å². The number of benzene rings is 2. The topological polar surface area (TPSA) is 66.5 Å². The highest BCUT2D eigenvalue weighted by Crippen LogP contribution is 2.26. The number of rotatable bonds is 7. The van der Waals surface area contributed by atoms with Crippen molar-refractivity contribution in [3.05, 3.63) is 64.7 Å². The zero-order chi connectivity index (χ0) is 19.3. The number of nitrogens with one attached hydrogen (secondary N) is 1. The smallest absolute Gasteiger partial charge is 0.240 e. The number of hydrogen-bond acceptors (Lipinski definition) is 3. The zero-order valence-electron chi connectivity index (χ0n) is 15.1. The van der Waals surface area contributed by atoms with Gasteiger partial charge in [0.1, 0.15) is 6.54 Å². The number of nitrogens with zero attached hydrogens (tertiary/aromatic N) is 1. The first-order valence-electron chi connectivity index (χ1n) is 8.24. The molecule has 140 valence electrons. The van der Waals surface area contributed by atoms with E-state index in [9.17, 15) is 13.2 Å². The summed E-state index contributed by atoms with van der Waals surface area (Å²) < 4.78 is 25.5. The molecule has 1 atom stereocenters. The van der Waals surface area contributed by atoms with Crippen LogP contribution in [0.1, 0.15) is 24.0 Å². The van der Waals surface area contributed by atoms with Crippen LogP contribution in [0.2, 0.25) is 5.02 Å². The zero-order valence-corrected chi connectivity index (χ0v) is 16.6. The van der Waals surface area contributed by atoms with Gasteiger partial charge in [0.2, 0.25) is 15.9 Å². The fraction of sp³-hybridized carbons (Fsp3) is 0.316. The van der Waals surface area contributed by atoms with Gasteiger partial charge in [0.05, 0.1) is 11.9 Å². The minimum atomic E-state index is -3.63. The SMILES string of the molecule is Cc1ccc(Cl)cc1N(CC(=O)NC[C@@H](C)c1ccccc1)S(C)(=O)=O. The molecule has 0 saturated heterocycles. The molecule has 0 radical (unpaired) electrons. The molecular weight excluding hydrogens is 372 g/mol. The Balaban J connectivity index is 2.09. The standard InChI is InChI=1S/C19H23ClN2O3S/c1-14-9-10-17(20)11-18(14)22(26(3,24)25)13-19(23)21-12-15(2)16-7-5-4-6-8-16/h4-11,15H,12-13H2,1-3H3,(H,21,23)/t15-/m1/s1. The molecule has 26 heavy (non-hydrogen) atoms. The maximum absolute atomic E-state index is 12.4. The molecule has 0 saturated carbocycles. The summed E-state index contributed by atoms with van der Waals surface area (Å²) in [5, 5.41) is 3.22. The average molecular weight is 395 g/mol. The first kappa shape index (κ1) is 20.3. The van der Waals surface area contributed by atoms with E-state index < -0.39 is 10.0 Å². The van der Waals surface area contributed by atoms with Crippen molar-refractivity contribution in [2.75, 3.05) is 23.7 Å². The van der Waals surface area contributed by atoms with Crippen LogP contribution >= 0.6 is 11.6 Å². The Morgan fingerprint density at radius 1 is 1.19 bits per heavy atom. The van der Waals surface area contributed by atoms with Gasteiger partial charge >= 0.3 is 0 Å². The van der Waals surface area contributed by atoms with E-state index in [0.29, 0.717) is 17.3 Å². The molecule has 2 rings (SSSR count). The predicted molar refractivity (Wildman–Crippen MR) is 106 cm³/mol. The molecule has 0 unspecified atom stereocenters. The molecule has 0 aliphatic rings. The number of carbonyl (C=O) groups excluding carboxylic acids is 1. The molecule has 2 aromatic rings. The molecule has 0 aromatic heterocycles. The van der Waals surface area contributed by atoms with E-state index >= 15 is 0 Å². The number of hydrogen-bond donors (Lipinski definition) is 1. The van der Waals surface area contributed by atoms with Crippen LogP contribution in [0.3, 0.4) is 0 Å². The van der Waals surface area contributed by atoms with Gasteiger partial charge in [-0.15, -0.1) is 0 Å². The molecule has 1 N–H and O–H groups in total. The molecule has 2 aromatic carbocycles. The summed E-state index contributed by atoms with van der Waals surface area (Å²) in [6, 6.07) is 14.8. The summed E-state index contributed by atoms with van der Waals surface area (Å²) in [6.07, 6.45) is 1.08. The molecule has 0 aliphatic carbocycles. The second-order valence-electron chi connectivity index (χ2n) is 6.32. The highest BCUT2D eigenvalue weighted by molar-refractivity contribution is 7.92. The molecule has 0 bridgehead atoms. The van der Waals surface area contributed by atoms with Crippen LogP contribution in [0.5, 0.6) is 0 Å². The summed E-state index contributed by atoms with van der Waals surface area (Å²) >= 11 is 6.00. The Morgan fingerprint density at radius 2 is 1.85 bits per heavy atom. The fourth-order valence-electron chi connectivity index (χ4n) is 2.58. The maximum Gasteiger partial charge on any atom is 0.240 e. The number of halogens is 1. The highest BCUT2D eigenvalue weighted by Gasteiger charge is 2.23. The predicted octanol–water partition coefficient (Wildman–Crippen LogP) is 3.33. The summed E-state index contributed by atoms with van der Waals surface area (Å²) in [5.74, 6) is -0.239. The first-order chi connectivity index (χ1) is 12.2. The minimum Gasteiger partial charge on any atom is -0.354 e. The number of carbonyl (C=O) groups is 1. The van der Waals surface area contributed by atoms with Gasteiger partial charge in [-0.2, -0.15) is 0 Å². The number of anilines is 1. The van der Waals surface area contributed by atoms with E-state index in [2.05, 4.69) is 5.32 Å². The molecule has 5 nitrogen and oxygen atoms in total. The van der Waals surface area contributed by atoms with Gasteiger partial charge in [0, 0.05) is 11.6 Å². The lowest BCUT2D eigenvalue weighted by Gasteiger charge is -2.24. The highest BCUT2D eigenvalue weighted by atomic mass is 35.5. The van der Waals surface area contributed by atoms with Crippen molar-refractivity contribution in [1.82, 2.24) is 5.32 Å². The van der Waals surface area contributed by atoms with E-state index in [-0.39, 0.29) is 18.4 Å². The van der Waals surface area contributed by atoms with Crippen molar-refractivity contribution >= 4 is 33.2 Å². The average Bonchev–Trinajstić information content (AvgIpc) is 2.59. The molecule has 0 heterocycles. The van der Waals surface area contributed by atoms with Crippen LogP contribution in [0, 0.1) is 6.92 Å². The van der Waals surface area contributed by atoms with Crippen molar-refractivity contribution in [3.63, 3.8) is 0 Å². The summed E-state index contributed by atoms with van der Waals surface area (Å²) in [4.78, 5) is 12.4. The Hall–Kier alpha value is -2.05. The van der Waals surface area contributed by atoms with Crippen molar-refractivity contribution in [3.8, 4) is 0 Å². The van der Waals surface area contributed by atoms with Gasteiger partial charge in [-0.3, -0.25) is 9.10 Å². The van der Waals surface area contributed by atoms with Crippen molar-refractivity contribution in [2.45, 2.75) is 19.8 Å². The van der Waals surface area contributed by atoms with Crippen LogP contribution in [-0.2, 0) is 14.8 Å². The Kier molecular flexibility index (Phi) is 6.67. The minimum absolute atomic E-state index is 0.125. The van der Waals surface area contributed by atoms with Gasteiger partial charge in [0.15, 0.2) is 0 Å². The lowest BCUT2D eigenvalue weighted by molar-refractivity contribution is -0.119. The maximum atomic E-state index is 12.4. The lowest BCUT2D eigenvalue weighted by Crippen LogP contribution is -2.41. The molecule has 7 heteroatoms. The Morgan fingerprint density at radius 3 is 2.46 bits per heavy atom. The second kappa shape index (κ2) is 8.56. The third-order valence-electron chi connectivity index (χ3n) is 4.10. The van der Waals surface area contributed by atoms with Gasteiger partial charge in [-0.25, -0.2) is 8.42 Å². The molecule has 0 spiro atoms. The largest absolute Gasteiger partial charge is 0.354 e. The van der Waals surface area contributed by atoms with Gasteiger partial charge in [-0.05, 0) is 36.1 Å². The van der Waals surface area contributed by atoms with Crippen LogP contribution in [-0.4, -0.2) is 33.7 Å². The molecular formula is C19H23ClN2O3S. The fourth-order valence-corrected chi connectivity index (χ4v) is 3.66. The Labute approximate surface area is 160 Å². The number of amides is 1. The third-order valence-corrected chi connectivity index (χ3v) is 5.46. The van der Waals surface area contributed by atoms with E-state index in [1.165, 1.54) is 0 Å². The van der Waals surface area contributed by atoms with Gasteiger partial charge in [0.25, 0.3) is 0 Å². The van der Waals surface area contributed by atoms with Crippen LogP contribution in [0.4, 0.5) is 5.69 Å². The Bertz CT molecular complexity index is 870. The molecule has 0 fully saturated rings. The molecule has 0 aliphatic heterocycles. The van der Waals surface area contributed by atoms with E-state index in [1.54, 1.807) is 25.1 Å². The van der Waals surface area contributed by atoms with Gasteiger partial charge in [-0.1, -0.05) is 54.9 Å². The van der Waals surface area contributed by atoms with Crippen molar-refractivity contribution in [1.29, 1.82) is 0 Å². The normalized spacial score (nSPS) is 12.5. The van der Waals surface area contributed by atoms with E-state index in [4.69, 9.17) is 11.6 Å². The van der Waals surface area contributed by atoms with Crippen molar-refractivity contribution < 1.29 is 13.2 Å². The number of sulfonamides is 1. The lowest BCUT2D eigenvalue weighted by atomic mass is 10.0. The second-order valence-corrected chi connectivity index (χ2v) is 8.66. The van der Waals surface area contributed by atoms with Crippen LogP contribution in [0.15, 0.2) is 48.5 Å². The van der Waals surface area contributed by atoms with E-state index in [1.807, 2.05) is 37.3 Å². The third kappa shape index (κ3) is 5.47. The quantitative estimate of drug-likeness (QED) is 0.783. The van der Waals surface area contributed by atoms with Crippen LogP contribution in [0.25, 0.3) is 0 Å². The van der Waals surface area contributed by atoms with Crippen LogP contribution < -0.4 is 9.62 Å². The summed E-state index contributed by atoms with van der Waals surface area (Å²) in [7, 11) is -3.63. The van der Waals surface area contributed by atoms with Gasteiger partial charge < -0.3 is 5.32 Å². The monoisotopic (exact) mass is 394 g/mol. The first-order valence-corrected chi connectivity index (χ1v) is 10.5. The number of aryl methyl sites for hydroxylation is 1. The van der Waals surface area contributed by atoms with E-state index in [0.717, 1.165) is 21.7 Å². The summed E-state index contributed by atoms with van der Waals surface area (Å²) in [5.41, 5.74) is 2.25.